The van der Waals surface area contributed by atoms with Crippen molar-refractivity contribution in [3.05, 3.63) is 65.5 Å². The minimum absolute atomic E-state index is 0.286. The first-order valence-electron chi connectivity index (χ1n) is 6.59. The van der Waals surface area contributed by atoms with E-state index in [4.69, 9.17) is 11.6 Å². The predicted octanol–water partition coefficient (Wildman–Crippen LogP) is 4.66. The van der Waals surface area contributed by atoms with Crippen LogP contribution in [0.4, 0.5) is 8.78 Å². The second kappa shape index (κ2) is 5.45. The zero-order chi connectivity index (χ0) is 15.0. The van der Waals surface area contributed by atoms with E-state index in [2.05, 4.69) is 4.98 Å². The van der Waals surface area contributed by atoms with Crippen LogP contribution >= 0.6 is 11.6 Å². The molecule has 0 radical (unpaired) electrons. The molecule has 0 fully saturated rings. The molecule has 0 aliphatic rings. The third kappa shape index (κ3) is 2.63. The smallest absolute Gasteiger partial charge is 0.151 e. The van der Waals surface area contributed by atoms with Crippen LogP contribution in [-0.2, 0) is 6.54 Å². The lowest BCUT2D eigenvalue weighted by Crippen LogP contribution is -2.05. The Labute approximate surface area is 126 Å². The summed E-state index contributed by atoms with van der Waals surface area (Å²) in [4.78, 5) is 4.31. The highest BCUT2D eigenvalue weighted by molar-refractivity contribution is 6.20. The van der Waals surface area contributed by atoms with Crippen LogP contribution in [0.2, 0.25) is 0 Å². The fourth-order valence-electron chi connectivity index (χ4n) is 2.37. The van der Waals surface area contributed by atoms with Crippen molar-refractivity contribution in [2.24, 2.45) is 0 Å². The molecule has 1 unspecified atom stereocenters. The maximum atomic E-state index is 13.9. The minimum Gasteiger partial charge on any atom is -0.322 e. The molecule has 0 saturated carbocycles. The minimum atomic E-state index is -0.371. The van der Waals surface area contributed by atoms with Crippen molar-refractivity contribution >= 4 is 22.6 Å². The van der Waals surface area contributed by atoms with Gasteiger partial charge in [0.05, 0.1) is 10.9 Å². The second-order valence-electron chi connectivity index (χ2n) is 4.91. The molecule has 3 aromatic rings. The van der Waals surface area contributed by atoms with Crippen molar-refractivity contribution < 1.29 is 8.78 Å². The van der Waals surface area contributed by atoms with E-state index in [9.17, 15) is 8.78 Å². The fourth-order valence-corrected chi connectivity index (χ4v) is 2.54. The number of aromatic nitrogens is 2. The van der Waals surface area contributed by atoms with Gasteiger partial charge in [0.2, 0.25) is 0 Å². The number of fused-ring (bicyclic) bond motifs is 1. The molecule has 0 spiro atoms. The van der Waals surface area contributed by atoms with Crippen molar-refractivity contribution in [2.45, 2.75) is 18.8 Å². The highest BCUT2D eigenvalue weighted by Crippen LogP contribution is 2.27. The molecule has 2 nitrogen and oxygen atoms in total. The summed E-state index contributed by atoms with van der Waals surface area (Å²) < 4.78 is 28.7. The Balaban J connectivity index is 2.13. The molecule has 2 aromatic carbocycles. The molecule has 0 N–H and O–H groups in total. The Bertz CT molecular complexity index is 779. The van der Waals surface area contributed by atoms with Crippen LogP contribution in [0.1, 0.15) is 23.7 Å². The molecule has 0 bridgehead atoms. The van der Waals surface area contributed by atoms with E-state index in [1.807, 2.05) is 4.57 Å². The largest absolute Gasteiger partial charge is 0.322 e. The van der Waals surface area contributed by atoms with Gasteiger partial charge in [0.15, 0.2) is 5.82 Å². The Morgan fingerprint density at radius 2 is 1.86 bits per heavy atom. The number of nitrogens with zero attached hydrogens (tertiary/aromatic N) is 2. The Kier molecular flexibility index (Phi) is 3.64. The summed E-state index contributed by atoms with van der Waals surface area (Å²) in [5.74, 6) is -0.0590. The van der Waals surface area contributed by atoms with Gasteiger partial charge >= 0.3 is 0 Å². The van der Waals surface area contributed by atoms with Crippen LogP contribution in [0.3, 0.4) is 0 Å². The number of para-hydroxylation sites is 1. The summed E-state index contributed by atoms with van der Waals surface area (Å²) in [7, 11) is 0. The first kappa shape index (κ1) is 14.0. The molecule has 0 aliphatic carbocycles. The number of hydrogen-bond acceptors (Lipinski definition) is 1. The third-order valence-corrected chi connectivity index (χ3v) is 3.56. The molecule has 0 amide bonds. The molecular weight excluding hydrogens is 294 g/mol. The van der Waals surface area contributed by atoms with E-state index < -0.39 is 0 Å². The lowest BCUT2D eigenvalue weighted by Gasteiger charge is -2.10. The Hall–Kier alpha value is -1.94. The van der Waals surface area contributed by atoms with Gasteiger partial charge in [-0.15, -0.1) is 11.6 Å². The lowest BCUT2D eigenvalue weighted by molar-refractivity contribution is 0.626. The van der Waals surface area contributed by atoms with Crippen molar-refractivity contribution in [1.29, 1.82) is 0 Å². The molecule has 1 aromatic heterocycles. The van der Waals surface area contributed by atoms with E-state index in [0.29, 0.717) is 23.4 Å². The van der Waals surface area contributed by atoms with Crippen LogP contribution in [0, 0.1) is 11.6 Å². The quantitative estimate of drug-likeness (QED) is 0.643. The standard InChI is InChI=1S/C16H13ClF2N2/c1-10(17)16-20-15-13(19)3-2-4-14(15)21(16)9-11-5-7-12(18)8-6-11/h2-8,10H,9H2,1H3. The zero-order valence-corrected chi connectivity index (χ0v) is 12.1. The van der Waals surface area contributed by atoms with Gasteiger partial charge in [-0.2, -0.15) is 0 Å². The number of rotatable bonds is 3. The van der Waals surface area contributed by atoms with Crippen LogP contribution < -0.4 is 0 Å². The Morgan fingerprint density at radius 3 is 2.52 bits per heavy atom. The lowest BCUT2D eigenvalue weighted by atomic mass is 10.2. The predicted molar refractivity (Wildman–Crippen MR) is 79.5 cm³/mol. The monoisotopic (exact) mass is 306 g/mol. The average molecular weight is 307 g/mol. The van der Waals surface area contributed by atoms with Gasteiger partial charge in [-0.25, -0.2) is 13.8 Å². The maximum Gasteiger partial charge on any atom is 0.151 e. The second-order valence-corrected chi connectivity index (χ2v) is 5.56. The van der Waals surface area contributed by atoms with E-state index in [1.54, 1.807) is 31.2 Å². The van der Waals surface area contributed by atoms with Crippen molar-refractivity contribution in [2.75, 3.05) is 0 Å². The highest BCUT2D eigenvalue weighted by atomic mass is 35.5. The first-order valence-corrected chi connectivity index (χ1v) is 7.03. The van der Waals surface area contributed by atoms with E-state index >= 15 is 0 Å². The van der Waals surface area contributed by atoms with Crippen LogP contribution in [0.25, 0.3) is 11.0 Å². The van der Waals surface area contributed by atoms with Gasteiger partial charge in [-0.1, -0.05) is 18.2 Å². The number of imidazole rings is 1. The van der Waals surface area contributed by atoms with Crippen molar-refractivity contribution in [1.82, 2.24) is 9.55 Å². The zero-order valence-electron chi connectivity index (χ0n) is 11.4. The molecule has 1 heterocycles. The molecule has 21 heavy (non-hydrogen) atoms. The highest BCUT2D eigenvalue weighted by Gasteiger charge is 2.17. The molecule has 108 valence electrons. The molecule has 3 rings (SSSR count). The van der Waals surface area contributed by atoms with Gasteiger partial charge in [-0.3, -0.25) is 0 Å². The molecular formula is C16H13ClF2N2. The maximum absolute atomic E-state index is 13.9. The summed E-state index contributed by atoms with van der Waals surface area (Å²) in [6.45, 7) is 2.26. The molecule has 0 aliphatic heterocycles. The fraction of sp³-hybridized carbons (Fsp3) is 0.188. The van der Waals surface area contributed by atoms with E-state index in [0.717, 1.165) is 5.56 Å². The van der Waals surface area contributed by atoms with Gasteiger partial charge in [0.1, 0.15) is 17.2 Å². The summed E-state index contributed by atoms with van der Waals surface area (Å²) in [6.07, 6.45) is 0. The van der Waals surface area contributed by atoms with Gasteiger partial charge in [0.25, 0.3) is 0 Å². The van der Waals surface area contributed by atoms with Crippen LogP contribution in [0.5, 0.6) is 0 Å². The van der Waals surface area contributed by atoms with E-state index in [1.165, 1.54) is 18.2 Å². The normalized spacial score (nSPS) is 12.8. The van der Waals surface area contributed by atoms with Crippen molar-refractivity contribution in [3.63, 3.8) is 0 Å². The number of hydrogen-bond donors (Lipinski definition) is 0. The van der Waals surface area contributed by atoms with Crippen molar-refractivity contribution in [3.8, 4) is 0 Å². The number of alkyl halides is 1. The first-order chi connectivity index (χ1) is 10.1. The van der Waals surface area contributed by atoms with Crippen LogP contribution in [-0.4, -0.2) is 9.55 Å². The summed E-state index contributed by atoms with van der Waals surface area (Å²) in [5.41, 5.74) is 1.89. The van der Waals surface area contributed by atoms with Crippen LogP contribution in [0.15, 0.2) is 42.5 Å². The summed E-state index contributed by atoms with van der Waals surface area (Å²) in [6, 6.07) is 11.0. The summed E-state index contributed by atoms with van der Waals surface area (Å²) >= 11 is 6.16. The SMILES string of the molecule is CC(Cl)c1nc2c(F)cccc2n1Cc1ccc(F)cc1. The topological polar surface area (TPSA) is 17.8 Å². The van der Waals surface area contributed by atoms with Gasteiger partial charge < -0.3 is 4.57 Å². The Morgan fingerprint density at radius 1 is 1.14 bits per heavy atom. The third-order valence-electron chi connectivity index (χ3n) is 3.37. The van der Waals surface area contributed by atoms with E-state index in [-0.39, 0.29) is 17.0 Å². The van der Waals surface area contributed by atoms with Gasteiger partial charge in [0, 0.05) is 6.54 Å². The van der Waals surface area contributed by atoms with Gasteiger partial charge in [-0.05, 0) is 36.8 Å². The number of halogens is 3. The molecule has 0 saturated heterocycles. The molecule has 5 heteroatoms. The average Bonchev–Trinajstić information content (AvgIpc) is 2.82. The number of benzene rings is 2. The molecule has 1 atom stereocenters. The summed E-state index contributed by atoms with van der Waals surface area (Å²) in [5, 5.41) is -0.350.